The summed E-state index contributed by atoms with van der Waals surface area (Å²) in [5.74, 6) is 1.93. The van der Waals surface area contributed by atoms with Crippen LogP contribution in [-0.4, -0.2) is 42.8 Å². The number of aromatic nitrogens is 3. The number of hydrogen-bond acceptors (Lipinski definition) is 8. The fraction of sp³-hybridized carbons (Fsp3) is 0.368. The van der Waals surface area contributed by atoms with Gasteiger partial charge in [-0.3, -0.25) is 0 Å². The Hall–Kier alpha value is -3.34. The zero-order valence-electron chi connectivity index (χ0n) is 16.1. The summed E-state index contributed by atoms with van der Waals surface area (Å²) in [5, 5.41) is 9.56. The summed E-state index contributed by atoms with van der Waals surface area (Å²) in [6, 6.07) is 7.59. The highest BCUT2D eigenvalue weighted by Gasteiger charge is 2.12. The third-order valence-corrected chi connectivity index (χ3v) is 3.66. The molecule has 1 aromatic carbocycles. The van der Waals surface area contributed by atoms with Gasteiger partial charge in [-0.1, -0.05) is 19.4 Å². The minimum absolute atomic E-state index is 0.0575. The predicted molar refractivity (Wildman–Crippen MR) is 105 cm³/mol. The highest BCUT2D eigenvalue weighted by atomic mass is 16.5. The van der Waals surface area contributed by atoms with Gasteiger partial charge in [-0.2, -0.15) is 20.2 Å². The summed E-state index contributed by atoms with van der Waals surface area (Å²) < 4.78 is 11.1. The lowest BCUT2D eigenvalue weighted by Gasteiger charge is -2.12. The highest BCUT2D eigenvalue weighted by molar-refractivity contribution is 5.87. The van der Waals surface area contributed by atoms with Gasteiger partial charge >= 0.3 is 0 Å². The lowest BCUT2D eigenvalue weighted by molar-refractivity contribution is 0.288. The van der Waals surface area contributed by atoms with Crippen LogP contribution in [0.5, 0.6) is 11.5 Å². The van der Waals surface area contributed by atoms with E-state index in [1.807, 2.05) is 12.1 Å². The van der Waals surface area contributed by atoms with Crippen molar-refractivity contribution in [2.75, 3.05) is 38.4 Å². The second-order valence-electron chi connectivity index (χ2n) is 5.99. The van der Waals surface area contributed by atoms with Gasteiger partial charge in [0.05, 0.1) is 19.3 Å². The molecule has 2 aromatic rings. The topological polar surface area (TPSA) is 110 Å². The number of nitrogens with two attached hydrogens (primary N) is 1. The molecule has 0 spiro atoms. The molecule has 2 rings (SSSR count). The Bertz CT molecular complexity index is 858. The van der Waals surface area contributed by atoms with E-state index in [1.54, 1.807) is 38.2 Å². The SMILES string of the molecule is CCCCOc1ccc(/C=C(\C#N)c2nc(N)nc(N(C)C)n2)cc1OC. The molecular formula is C19H24N6O2. The van der Waals surface area contributed by atoms with Gasteiger partial charge in [0.1, 0.15) is 6.07 Å². The summed E-state index contributed by atoms with van der Waals surface area (Å²) in [6.07, 6.45) is 3.70. The number of benzene rings is 1. The molecule has 0 aliphatic carbocycles. The average Bonchev–Trinajstić information content (AvgIpc) is 2.66. The van der Waals surface area contributed by atoms with Crippen molar-refractivity contribution in [3.8, 4) is 17.6 Å². The van der Waals surface area contributed by atoms with E-state index in [9.17, 15) is 5.26 Å². The molecule has 0 fully saturated rings. The van der Waals surface area contributed by atoms with Crippen LogP contribution in [0.25, 0.3) is 11.6 Å². The predicted octanol–water partition coefficient (Wildman–Crippen LogP) is 2.77. The first-order chi connectivity index (χ1) is 13.0. The summed E-state index contributed by atoms with van der Waals surface area (Å²) in [6.45, 7) is 2.73. The second kappa shape index (κ2) is 9.38. The van der Waals surface area contributed by atoms with E-state index in [2.05, 4.69) is 27.9 Å². The van der Waals surface area contributed by atoms with Crippen LogP contribution in [0.1, 0.15) is 31.2 Å². The molecule has 2 N–H and O–H groups in total. The normalized spacial score (nSPS) is 11.0. The third-order valence-electron chi connectivity index (χ3n) is 3.66. The van der Waals surface area contributed by atoms with Gasteiger partial charge in [0, 0.05) is 14.1 Å². The molecule has 0 bridgehead atoms. The largest absolute Gasteiger partial charge is 0.493 e. The Morgan fingerprint density at radius 3 is 2.67 bits per heavy atom. The summed E-state index contributed by atoms with van der Waals surface area (Å²) >= 11 is 0. The first-order valence-corrected chi connectivity index (χ1v) is 8.60. The standard InChI is InChI=1S/C19H24N6O2/c1-5-6-9-27-15-8-7-13(11-16(15)26-4)10-14(12-20)17-22-18(21)24-19(23-17)25(2)3/h7-8,10-11H,5-6,9H2,1-4H3,(H2,21,22,23,24)/b14-10+. The van der Waals surface area contributed by atoms with E-state index in [4.69, 9.17) is 15.2 Å². The number of ether oxygens (including phenoxy) is 2. The molecule has 8 heteroatoms. The number of nitrogens with zero attached hydrogens (tertiary/aromatic N) is 5. The summed E-state index contributed by atoms with van der Waals surface area (Å²) in [7, 11) is 5.16. The number of allylic oxidation sites excluding steroid dienone is 1. The fourth-order valence-corrected chi connectivity index (χ4v) is 2.23. The number of hydrogen-bond donors (Lipinski definition) is 1. The van der Waals surface area contributed by atoms with Crippen LogP contribution in [0.3, 0.4) is 0 Å². The van der Waals surface area contributed by atoms with Gasteiger partial charge in [0.2, 0.25) is 11.9 Å². The van der Waals surface area contributed by atoms with Gasteiger partial charge in [-0.25, -0.2) is 0 Å². The molecule has 0 atom stereocenters. The van der Waals surface area contributed by atoms with E-state index >= 15 is 0 Å². The highest BCUT2D eigenvalue weighted by Crippen LogP contribution is 2.30. The van der Waals surface area contributed by atoms with Gasteiger partial charge in [-0.05, 0) is 30.2 Å². The van der Waals surface area contributed by atoms with Crippen molar-refractivity contribution in [3.63, 3.8) is 0 Å². The lowest BCUT2D eigenvalue weighted by Crippen LogP contribution is -2.15. The number of rotatable bonds is 8. The lowest BCUT2D eigenvalue weighted by atomic mass is 10.1. The minimum atomic E-state index is 0.0575. The molecule has 0 aliphatic rings. The van der Waals surface area contributed by atoms with Crippen molar-refractivity contribution in [2.45, 2.75) is 19.8 Å². The number of methoxy groups -OCH3 is 1. The van der Waals surface area contributed by atoms with Crippen LogP contribution >= 0.6 is 0 Å². The maximum atomic E-state index is 9.56. The van der Waals surface area contributed by atoms with E-state index in [-0.39, 0.29) is 17.3 Å². The maximum Gasteiger partial charge on any atom is 0.230 e. The van der Waals surface area contributed by atoms with Crippen LogP contribution in [0.15, 0.2) is 18.2 Å². The summed E-state index contributed by atoms with van der Waals surface area (Å²) in [4.78, 5) is 14.1. The summed E-state index contributed by atoms with van der Waals surface area (Å²) in [5.41, 5.74) is 6.78. The van der Waals surface area contributed by atoms with Crippen LogP contribution in [0.2, 0.25) is 0 Å². The minimum Gasteiger partial charge on any atom is -0.493 e. The quantitative estimate of drug-likeness (QED) is 0.559. The molecule has 0 unspecified atom stereocenters. The van der Waals surface area contributed by atoms with Gasteiger partial charge < -0.3 is 20.1 Å². The molecule has 1 heterocycles. The number of nitriles is 1. The van der Waals surface area contributed by atoms with Crippen LogP contribution in [-0.2, 0) is 0 Å². The first-order valence-electron chi connectivity index (χ1n) is 8.60. The molecule has 0 aliphatic heterocycles. The number of anilines is 2. The zero-order chi connectivity index (χ0) is 19.8. The van der Waals surface area contributed by atoms with Gasteiger partial charge in [0.25, 0.3) is 0 Å². The van der Waals surface area contributed by atoms with Crippen LogP contribution < -0.4 is 20.1 Å². The second-order valence-corrected chi connectivity index (χ2v) is 5.99. The number of unbranched alkanes of at least 4 members (excludes halogenated alkanes) is 1. The van der Waals surface area contributed by atoms with Crippen molar-refractivity contribution in [3.05, 3.63) is 29.6 Å². The first kappa shape index (κ1) is 20.0. The van der Waals surface area contributed by atoms with E-state index in [0.29, 0.717) is 24.1 Å². The van der Waals surface area contributed by atoms with Crippen molar-refractivity contribution >= 4 is 23.5 Å². The Kier molecular flexibility index (Phi) is 6.94. The Balaban J connectivity index is 2.36. The third kappa shape index (κ3) is 5.31. The molecule has 0 radical (unpaired) electrons. The van der Waals surface area contributed by atoms with Crippen LogP contribution in [0, 0.1) is 11.3 Å². The van der Waals surface area contributed by atoms with Crippen molar-refractivity contribution < 1.29 is 9.47 Å². The molecule has 142 valence electrons. The van der Waals surface area contributed by atoms with Gasteiger partial charge in [-0.15, -0.1) is 0 Å². The number of nitrogen functional groups attached to an aromatic ring is 1. The smallest absolute Gasteiger partial charge is 0.230 e. The van der Waals surface area contributed by atoms with Crippen LogP contribution in [0.4, 0.5) is 11.9 Å². The van der Waals surface area contributed by atoms with E-state index in [0.717, 1.165) is 18.4 Å². The van der Waals surface area contributed by atoms with Crippen molar-refractivity contribution in [2.24, 2.45) is 0 Å². The molecule has 0 saturated heterocycles. The Morgan fingerprint density at radius 1 is 1.26 bits per heavy atom. The average molecular weight is 368 g/mol. The maximum absolute atomic E-state index is 9.56. The van der Waals surface area contributed by atoms with Gasteiger partial charge in [0.15, 0.2) is 17.3 Å². The molecular weight excluding hydrogens is 344 g/mol. The monoisotopic (exact) mass is 368 g/mol. The molecule has 0 amide bonds. The molecule has 27 heavy (non-hydrogen) atoms. The van der Waals surface area contributed by atoms with Crippen molar-refractivity contribution in [1.82, 2.24) is 15.0 Å². The zero-order valence-corrected chi connectivity index (χ0v) is 16.1. The Labute approximate surface area is 159 Å². The molecule has 8 nitrogen and oxygen atoms in total. The van der Waals surface area contributed by atoms with E-state index in [1.165, 1.54) is 0 Å². The van der Waals surface area contributed by atoms with Crippen molar-refractivity contribution in [1.29, 1.82) is 5.26 Å². The van der Waals surface area contributed by atoms with E-state index < -0.39 is 0 Å². The Morgan fingerprint density at radius 2 is 2.04 bits per heavy atom. The molecule has 1 aromatic heterocycles. The fourth-order valence-electron chi connectivity index (χ4n) is 2.23. The molecule has 0 saturated carbocycles.